The first-order valence-electron chi connectivity index (χ1n) is 5.86. The summed E-state index contributed by atoms with van der Waals surface area (Å²) in [7, 11) is 0. The Morgan fingerprint density at radius 3 is 3.00 bits per heavy atom. The van der Waals surface area contributed by atoms with Crippen molar-refractivity contribution in [2.24, 2.45) is 5.73 Å². The zero-order valence-electron chi connectivity index (χ0n) is 10.0. The molecule has 0 radical (unpaired) electrons. The van der Waals surface area contributed by atoms with E-state index in [9.17, 15) is 0 Å². The summed E-state index contributed by atoms with van der Waals surface area (Å²) < 4.78 is 1.14. The average Bonchev–Trinajstić information content (AvgIpc) is 2.79. The first-order chi connectivity index (χ1) is 8.72. The number of hydrogen-bond donors (Lipinski definition) is 3. The fourth-order valence-corrected chi connectivity index (χ4v) is 2.74. The molecule has 0 aliphatic carbocycles. The molecule has 4 N–H and O–H groups in total. The van der Waals surface area contributed by atoms with Crippen molar-refractivity contribution in [1.82, 2.24) is 0 Å². The number of unbranched alkanes of at least 4 members (excludes halogenated alkanes) is 1. The van der Waals surface area contributed by atoms with E-state index in [1.165, 1.54) is 11.3 Å². The summed E-state index contributed by atoms with van der Waals surface area (Å²) in [6.07, 6.45) is 5.79. The zero-order chi connectivity index (χ0) is 13.0. The number of thiophene rings is 1. The van der Waals surface area contributed by atoms with Gasteiger partial charge in [-0.3, -0.25) is 5.41 Å². The molecule has 1 heterocycles. The van der Waals surface area contributed by atoms with E-state index >= 15 is 0 Å². The average molecular weight is 260 g/mol. The van der Waals surface area contributed by atoms with Crippen molar-refractivity contribution in [3.05, 3.63) is 40.8 Å². The fourth-order valence-electron chi connectivity index (χ4n) is 1.78. The molecule has 0 fully saturated rings. The Bertz CT molecular complexity index is 586. The Morgan fingerprint density at radius 2 is 2.28 bits per heavy atom. The van der Waals surface area contributed by atoms with Gasteiger partial charge in [-0.25, -0.2) is 0 Å². The van der Waals surface area contributed by atoms with E-state index in [0.717, 1.165) is 33.4 Å². The third-order valence-electron chi connectivity index (χ3n) is 2.69. The summed E-state index contributed by atoms with van der Waals surface area (Å²) in [5, 5.41) is 17.3. The highest BCUT2D eigenvalue weighted by atomic mass is 32.1. The van der Waals surface area contributed by atoms with Gasteiger partial charge < -0.3 is 10.8 Å². The van der Waals surface area contributed by atoms with Gasteiger partial charge in [0.15, 0.2) is 0 Å². The SMILES string of the molecule is N=C(N)c1cc2c(/C=C/CCCO)cccc2s1. The number of allylic oxidation sites excluding steroid dienone is 1. The van der Waals surface area contributed by atoms with Crippen molar-refractivity contribution in [2.45, 2.75) is 12.8 Å². The number of nitrogen functional groups attached to an aromatic ring is 1. The van der Waals surface area contributed by atoms with Gasteiger partial charge in [0.2, 0.25) is 0 Å². The lowest BCUT2D eigenvalue weighted by atomic mass is 10.1. The van der Waals surface area contributed by atoms with Crippen LogP contribution in [0.15, 0.2) is 30.3 Å². The van der Waals surface area contributed by atoms with Crippen molar-refractivity contribution >= 4 is 33.3 Å². The van der Waals surface area contributed by atoms with E-state index in [-0.39, 0.29) is 12.4 Å². The van der Waals surface area contributed by atoms with Crippen LogP contribution in [0.5, 0.6) is 0 Å². The lowest BCUT2D eigenvalue weighted by molar-refractivity contribution is 0.290. The third kappa shape index (κ3) is 2.78. The highest BCUT2D eigenvalue weighted by Crippen LogP contribution is 2.28. The second-order valence-corrected chi connectivity index (χ2v) is 5.14. The fraction of sp³-hybridized carbons (Fsp3) is 0.214. The van der Waals surface area contributed by atoms with Crippen molar-refractivity contribution in [1.29, 1.82) is 5.41 Å². The number of aliphatic hydroxyl groups is 1. The number of benzene rings is 1. The molecule has 0 aliphatic heterocycles. The Hall–Kier alpha value is -1.65. The van der Waals surface area contributed by atoms with Crippen LogP contribution < -0.4 is 5.73 Å². The van der Waals surface area contributed by atoms with Crippen LogP contribution in [0.3, 0.4) is 0 Å². The molecule has 1 aromatic heterocycles. The van der Waals surface area contributed by atoms with E-state index in [2.05, 4.69) is 18.2 Å². The molecule has 0 amide bonds. The summed E-state index contributed by atoms with van der Waals surface area (Å²) in [6, 6.07) is 8.06. The van der Waals surface area contributed by atoms with Crippen molar-refractivity contribution < 1.29 is 5.11 Å². The second-order valence-electron chi connectivity index (χ2n) is 4.05. The van der Waals surface area contributed by atoms with E-state index < -0.39 is 0 Å². The number of amidine groups is 1. The number of fused-ring (bicyclic) bond motifs is 1. The Kier molecular flexibility index (Phi) is 4.12. The molecule has 0 saturated carbocycles. The summed E-state index contributed by atoms with van der Waals surface area (Å²) >= 11 is 1.54. The molecule has 1 aromatic carbocycles. The molecule has 2 aromatic rings. The minimum Gasteiger partial charge on any atom is -0.396 e. The molecular weight excluding hydrogens is 244 g/mol. The van der Waals surface area contributed by atoms with E-state index in [4.69, 9.17) is 16.2 Å². The van der Waals surface area contributed by atoms with Crippen LogP contribution in [0.25, 0.3) is 16.2 Å². The van der Waals surface area contributed by atoms with Crippen molar-refractivity contribution in [3.8, 4) is 0 Å². The Morgan fingerprint density at radius 1 is 1.44 bits per heavy atom. The predicted octanol–water partition coefficient (Wildman–Crippen LogP) is 2.97. The minimum absolute atomic E-state index is 0.117. The molecule has 18 heavy (non-hydrogen) atoms. The van der Waals surface area contributed by atoms with Gasteiger partial charge in [0.05, 0.1) is 4.88 Å². The normalized spacial score (nSPS) is 11.4. The van der Waals surface area contributed by atoms with Crippen LogP contribution in [-0.4, -0.2) is 17.5 Å². The summed E-state index contributed by atoms with van der Waals surface area (Å²) in [5.41, 5.74) is 6.65. The van der Waals surface area contributed by atoms with Crippen LogP contribution in [0.1, 0.15) is 23.3 Å². The first kappa shape index (κ1) is 12.8. The number of rotatable bonds is 5. The van der Waals surface area contributed by atoms with Gasteiger partial charge in [-0.15, -0.1) is 11.3 Å². The highest BCUT2D eigenvalue weighted by Gasteiger charge is 2.06. The monoisotopic (exact) mass is 260 g/mol. The van der Waals surface area contributed by atoms with Crippen molar-refractivity contribution in [3.63, 3.8) is 0 Å². The molecule has 3 nitrogen and oxygen atoms in total. The van der Waals surface area contributed by atoms with Gasteiger partial charge in [0.1, 0.15) is 5.84 Å². The van der Waals surface area contributed by atoms with Gasteiger partial charge in [0, 0.05) is 16.7 Å². The van der Waals surface area contributed by atoms with E-state index in [1.54, 1.807) is 0 Å². The maximum atomic E-state index is 8.73. The number of hydrogen-bond acceptors (Lipinski definition) is 3. The molecule has 4 heteroatoms. The molecule has 94 valence electrons. The van der Waals surface area contributed by atoms with Gasteiger partial charge in [0.25, 0.3) is 0 Å². The minimum atomic E-state index is 0.117. The summed E-state index contributed by atoms with van der Waals surface area (Å²) in [6.45, 7) is 0.224. The smallest absolute Gasteiger partial charge is 0.133 e. The highest BCUT2D eigenvalue weighted by molar-refractivity contribution is 7.20. The lowest BCUT2D eigenvalue weighted by Gasteiger charge is -1.96. The zero-order valence-corrected chi connectivity index (χ0v) is 10.8. The molecule has 0 spiro atoms. The first-order valence-corrected chi connectivity index (χ1v) is 6.68. The molecule has 0 bridgehead atoms. The van der Waals surface area contributed by atoms with Crippen LogP contribution >= 0.6 is 11.3 Å². The molecular formula is C14H16N2OS. The molecule has 0 atom stereocenters. The van der Waals surface area contributed by atoms with E-state index in [1.807, 2.05) is 18.2 Å². The van der Waals surface area contributed by atoms with Gasteiger partial charge in [-0.1, -0.05) is 24.3 Å². The molecule has 0 aliphatic rings. The van der Waals surface area contributed by atoms with Gasteiger partial charge in [-0.05, 0) is 30.5 Å². The summed E-state index contributed by atoms with van der Waals surface area (Å²) in [5.74, 6) is 0.117. The van der Waals surface area contributed by atoms with Gasteiger partial charge >= 0.3 is 0 Å². The quantitative estimate of drug-likeness (QED) is 0.439. The van der Waals surface area contributed by atoms with Crippen molar-refractivity contribution in [2.75, 3.05) is 6.61 Å². The predicted molar refractivity (Wildman–Crippen MR) is 78.2 cm³/mol. The largest absolute Gasteiger partial charge is 0.396 e. The Balaban J connectivity index is 2.32. The standard InChI is InChI=1S/C14H16N2OS/c15-14(16)13-9-11-10(5-2-1-3-8-17)6-4-7-12(11)18-13/h2,4-7,9,17H,1,3,8H2,(H3,15,16)/b5-2+. The number of nitrogens with one attached hydrogen (secondary N) is 1. The lowest BCUT2D eigenvalue weighted by Crippen LogP contribution is -2.08. The van der Waals surface area contributed by atoms with Crippen LogP contribution in [0.4, 0.5) is 0 Å². The number of nitrogens with two attached hydrogens (primary N) is 1. The maximum Gasteiger partial charge on any atom is 0.133 e. The number of aliphatic hydroxyl groups excluding tert-OH is 1. The molecule has 0 unspecified atom stereocenters. The van der Waals surface area contributed by atoms with Crippen LogP contribution in [0, 0.1) is 5.41 Å². The molecule has 0 saturated heterocycles. The third-order valence-corrected chi connectivity index (χ3v) is 3.82. The molecule has 2 rings (SSSR count). The maximum absolute atomic E-state index is 8.73. The summed E-state index contributed by atoms with van der Waals surface area (Å²) in [4.78, 5) is 0.807. The topological polar surface area (TPSA) is 70.1 Å². The van der Waals surface area contributed by atoms with Crippen LogP contribution in [-0.2, 0) is 0 Å². The van der Waals surface area contributed by atoms with Gasteiger partial charge in [-0.2, -0.15) is 0 Å². The van der Waals surface area contributed by atoms with Crippen LogP contribution in [0.2, 0.25) is 0 Å². The second kappa shape index (κ2) is 5.80. The van der Waals surface area contributed by atoms with E-state index in [0.29, 0.717) is 0 Å². The Labute approximate surface area is 110 Å².